The zero-order valence-corrected chi connectivity index (χ0v) is 16.7. The Morgan fingerprint density at radius 2 is 1.89 bits per heavy atom. The molecule has 3 rings (SSSR count). The molecule has 144 valence electrons. The molecule has 6 nitrogen and oxygen atoms in total. The Labute approximate surface area is 162 Å². The summed E-state index contributed by atoms with van der Waals surface area (Å²) < 4.78 is 38.6. The summed E-state index contributed by atoms with van der Waals surface area (Å²) >= 11 is 5.98. The van der Waals surface area contributed by atoms with Gasteiger partial charge in [-0.25, -0.2) is 8.42 Å². The number of benzene rings is 2. The average molecular weight is 410 g/mol. The van der Waals surface area contributed by atoms with Gasteiger partial charge in [0.25, 0.3) is 0 Å². The van der Waals surface area contributed by atoms with Gasteiger partial charge in [-0.15, -0.1) is 0 Å². The maximum atomic E-state index is 12.8. The highest BCUT2D eigenvalue weighted by Gasteiger charge is 2.27. The summed E-state index contributed by atoms with van der Waals surface area (Å²) in [4.78, 5) is 12.0. The van der Waals surface area contributed by atoms with E-state index in [1.54, 1.807) is 24.3 Å². The van der Waals surface area contributed by atoms with E-state index in [2.05, 4.69) is 4.72 Å². The average Bonchev–Trinajstić information content (AvgIpc) is 2.96. The van der Waals surface area contributed by atoms with Gasteiger partial charge in [0.1, 0.15) is 17.2 Å². The summed E-state index contributed by atoms with van der Waals surface area (Å²) in [6, 6.07) is 8.79. The molecule has 8 heteroatoms. The fourth-order valence-electron chi connectivity index (χ4n) is 2.96. The first-order valence-electron chi connectivity index (χ1n) is 8.43. The summed E-state index contributed by atoms with van der Waals surface area (Å²) in [7, 11) is -2.69. The summed E-state index contributed by atoms with van der Waals surface area (Å²) in [6.07, 6.45) is 0.335. The summed E-state index contributed by atoms with van der Waals surface area (Å²) in [6.45, 7) is 3.80. The number of rotatable bonds is 6. The minimum Gasteiger partial charge on any atom is -0.468 e. The van der Waals surface area contributed by atoms with Crippen LogP contribution in [0.4, 0.5) is 0 Å². The molecule has 1 aromatic heterocycles. The van der Waals surface area contributed by atoms with Crippen LogP contribution in [-0.2, 0) is 19.6 Å². The lowest BCUT2D eigenvalue weighted by Crippen LogP contribution is -2.42. The lowest BCUT2D eigenvalue weighted by Gasteiger charge is -2.18. The van der Waals surface area contributed by atoms with E-state index in [0.29, 0.717) is 28.0 Å². The lowest BCUT2D eigenvalue weighted by molar-refractivity contribution is -0.143. The number of hydrogen-bond acceptors (Lipinski definition) is 5. The molecule has 1 heterocycles. The minimum atomic E-state index is -3.92. The Morgan fingerprint density at radius 3 is 2.56 bits per heavy atom. The first-order chi connectivity index (χ1) is 12.7. The minimum absolute atomic E-state index is 0.0466. The zero-order chi connectivity index (χ0) is 19.8. The maximum absolute atomic E-state index is 12.8. The Balaban J connectivity index is 2.01. The lowest BCUT2D eigenvalue weighted by atomic mass is 10.1. The molecule has 0 saturated carbocycles. The predicted octanol–water partition coefficient (Wildman–Crippen LogP) is 4.11. The fourth-order valence-corrected chi connectivity index (χ4v) is 4.34. The van der Waals surface area contributed by atoms with Crippen LogP contribution in [0.3, 0.4) is 0 Å². The number of methoxy groups -OCH3 is 1. The molecule has 1 unspecified atom stereocenters. The summed E-state index contributed by atoms with van der Waals surface area (Å²) in [5, 5.41) is 1.95. The third kappa shape index (κ3) is 4.10. The molecule has 0 bridgehead atoms. The van der Waals surface area contributed by atoms with Crippen molar-refractivity contribution in [2.24, 2.45) is 5.92 Å². The Hall–Kier alpha value is -2.09. The van der Waals surface area contributed by atoms with Crippen LogP contribution in [-0.4, -0.2) is 27.5 Å². The number of halogens is 1. The number of sulfonamides is 1. The van der Waals surface area contributed by atoms with Crippen molar-refractivity contribution in [2.45, 2.75) is 31.2 Å². The van der Waals surface area contributed by atoms with Gasteiger partial charge >= 0.3 is 5.97 Å². The molecule has 0 spiro atoms. The molecule has 27 heavy (non-hydrogen) atoms. The number of furan rings is 1. The van der Waals surface area contributed by atoms with E-state index in [-0.39, 0.29) is 10.8 Å². The molecule has 0 saturated heterocycles. The van der Waals surface area contributed by atoms with Gasteiger partial charge in [0.15, 0.2) is 0 Å². The topological polar surface area (TPSA) is 85.6 Å². The molecule has 0 aliphatic heterocycles. The van der Waals surface area contributed by atoms with Gasteiger partial charge in [-0.2, -0.15) is 4.72 Å². The number of hydrogen-bond donors (Lipinski definition) is 1. The van der Waals surface area contributed by atoms with Crippen molar-refractivity contribution >= 4 is 49.5 Å². The van der Waals surface area contributed by atoms with Crippen LogP contribution in [0.5, 0.6) is 0 Å². The van der Waals surface area contributed by atoms with Crippen molar-refractivity contribution in [3.8, 4) is 0 Å². The highest BCUT2D eigenvalue weighted by molar-refractivity contribution is 7.89. The van der Waals surface area contributed by atoms with Crippen molar-refractivity contribution in [2.75, 3.05) is 7.11 Å². The van der Waals surface area contributed by atoms with E-state index in [9.17, 15) is 13.2 Å². The van der Waals surface area contributed by atoms with Crippen LogP contribution in [0.25, 0.3) is 21.9 Å². The second-order valence-corrected chi connectivity index (χ2v) is 8.88. The van der Waals surface area contributed by atoms with E-state index in [1.165, 1.54) is 19.2 Å². The zero-order valence-electron chi connectivity index (χ0n) is 15.2. The first-order valence-corrected chi connectivity index (χ1v) is 10.3. The van der Waals surface area contributed by atoms with Gasteiger partial charge in [0, 0.05) is 21.9 Å². The van der Waals surface area contributed by atoms with Gasteiger partial charge in [-0.05, 0) is 42.7 Å². The van der Waals surface area contributed by atoms with Crippen molar-refractivity contribution in [1.29, 1.82) is 0 Å². The summed E-state index contributed by atoms with van der Waals surface area (Å²) in [5.41, 5.74) is 1.13. The first kappa shape index (κ1) is 19.7. The second kappa shape index (κ2) is 7.50. The van der Waals surface area contributed by atoms with Crippen LogP contribution in [0.2, 0.25) is 5.02 Å². The number of carbonyl (C=O) groups excluding carboxylic acids is 1. The van der Waals surface area contributed by atoms with E-state index >= 15 is 0 Å². The molecule has 3 aromatic rings. The quantitative estimate of drug-likeness (QED) is 0.619. The Kier molecular flexibility index (Phi) is 5.46. The van der Waals surface area contributed by atoms with Crippen LogP contribution < -0.4 is 4.72 Å². The Bertz CT molecular complexity index is 1100. The largest absolute Gasteiger partial charge is 0.468 e. The predicted molar refractivity (Wildman–Crippen MR) is 104 cm³/mol. The van der Waals surface area contributed by atoms with E-state index < -0.39 is 22.0 Å². The van der Waals surface area contributed by atoms with Crippen LogP contribution in [0.15, 0.2) is 45.7 Å². The maximum Gasteiger partial charge on any atom is 0.323 e. The van der Waals surface area contributed by atoms with Gasteiger partial charge in [0.05, 0.1) is 12.0 Å². The molecule has 2 aromatic carbocycles. The molecule has 0 aliphatic rings. The number of fused-ring (bicyclic) bond motifs is 3. The molecular formula is C19H20ClNO5S. The molecule has 0 amide bonds. The van der Waals surface area contributed by atoms with E-state index in [1.807, 2.05) is 13.8 Å². The van der Waals surface area contributed by atoms with Gasteiger partial charge in [-0.1, -0.05) is 25.4 Å². The third-order valence-electron chi connectivity index (χ3n) is 4.21. The molecule has 0 radical (unpaired) electrons. The number of ether oxygens (including phenoxy) is 1. The Morgan fingerprint density at radius 1 is 1.15 bits per heavy atom. The SMILES string of the molecule is COC(=O)C(CC(C)C)NS(=O)(=O)c1ccc2oc3cc(Cl)ccc3c2c1. The van der Waals surface area contributed by atoms with Crippen molar-refractivity contribution in [1.82, 2.24) is 4.72 Å². The normalized spacial score (nSPS) is 13.4. The smallest absolute Gasteiger partial charge is 0.323 e. The monoisotopic (exact) mass is 409 g/mol. The van der Waals surface area contributed by atoms with Crippen LogP contribution in [0.1, 0.15) is 20.3 Å². The van der Waals surface area contributed by atoms with E-state index in [4.69, 9.17) is 20.8 Å². The van der Waals surface area contributed by atoms with Crippen molar-refractivity contribution < 1.29 is 22.4 Å². The molecule has 1 N–H and O–H groups in total. The van der Waals surface area contributed by atoms with Crippen molar-refractivity contribution in [3.63, 3.8) is 0 Å². The molecule has 1 atom stereocenters. The van der Waals surface area contributed by atoms with E-state index in [0.717, 1.165) is 5.39 Å². The molecular weight excluding hydrogens is 390 g/mol. The fraction of sp³-hybridized carbons (Fsp3) is 0.316. The summed E-state index contributed by atoms with van der Waals surface area (Å²) in [5.74, 6) is -0.501. The molecule has 0 fully saturated rings. The van der Waals surface area contributed by atoms with Gasteiger partial charge in [-0.3, -0.25) is 4.79 Å². The third-order valence-corrected chi connectivity index (χ3v) is 5.91. The van der Waals surface area contributed by atoms with Crippen LogP contribution in [0, 0.1) is 5.92 Å². The molecule has 0 aliphatic carbocycles. The number of nitrogens with one attached hydrogen (secondary N) is 1. The highest BCUT2D eigenvalue weighted by Crippen LogP contribution is 2.32. The standard InChI is InChI=1S/C19H20ClNO5S/c1-11(2)8-16(19(22)25-3)21-27(23,24)13-5-7-17-15(10-13)14-6-4-12(20)9-18(14)26-17/h4-7,9-11,16,21H,8H2,1-3H3. The van der Waals surface area contributed by atoms with Gasteiger partial charge < -0.3 is 9.15 Å². The van der Waals surface area contributed by atoms with Gasteiger partial charge in [0.2, 0.25) is 10.0 Å². The van der Waals surface area contributed by atoms with Crippen LogP contribution >= 0.6 is 11.6 Å². The number of esters is 1. The number of carbonyl (C=O) groups is 1. The second-order valence-electron chi connectivity index (χ2n) is 6.73. The van der Waals surface area contributed by atoms with Crippen molar-refractivity contribution in [3.05, 3.63) is 41.4 Å². The highest BCUT2D eigenvalue weighted by atomic mass is 35.5.